The van der Waals surface area contributed by atoms with Crippen LogP contribution in [0.3, 0.4) is 0 Å². The fraction of sp³-hybridized carbons (Fsp3) is 0.346. The number of ether oxygens (including phenoxy) is 2. The zero-order valence-electron chi connectivity index (χ0n) is 18.7. The second-order valence-electron chi connectivity index (χ2n) is 8.19. The van der Waals surface area contributed by atoms with E-state index >= 15 is 0 Å². The molecule has 3 aromatic rings. The van der Waals surface area contributed by atoms with Crippen molar-refractivity contribution in [2.75, 3.05) is 19.8 Å². The molecule has 0 saturated heterocycles. The van der Waals surface area contributed by atoms with Crippen LogP contribution in [-0.4, -0.2) is 51.7 Å². The van der Waals surface area contributed by atoms with E-state index in [1.54, 1.807) is 10.7 Å². The van der Waals surface area contributed by atoms with Crippen molar-refractivity contribution >= 4 is 11.6 Å². The number of para-hydroxylation sites is 1. The Kier molecular flexibility index (Phi) is 7.69. The molecule has 0 radical (unpaired) electrons. The topological polar surface area (TPSA) is 59.8 Å². The number of hydrogen-bond acceptors (Lipinski definition) is 5. The van der Waals surface area contributed by atoms with E-state index in [0.29, 0.717) is 35.8 Å². The molecular weight excluding hydrogens is 438 g/mol. The first-order valence-corrected chi connectivity index (χ1v) is 11.4. The van der Waals surface area contributed by atoms with E-state index < -0.39 is 6.10 Å². The average molecular weight is 466 g/mol. The van der Waals surface area contributed by atoms with Gasteiger partial charge < -0.3 is 14.6 Å². The SMILES string of the molecule is C#CCOC[C@@H](O)CN(Cc1c(-c2ccccc2)nn(C)c1Oc1ccccc1Cl)C1CC1. The molecule has 0 spiro atoms. The predicted octanol–water partition coefficient (Wildman–Crippen LogP) is 4.51. The summed E-state index contributed by atoms with van der Waals surface area (Å²) in [7, 11) is 1.87. The molecule has 1 fully saturated rings. The van der Waals surface area contributed by atoms with E-state index in [2.05, 4.69) is 10.8 Å². The second-order valence-corrected chi connectivity index (χ2v) is 8.60. The lowest BCUT2D eigenvalue weighted by Crippen LogP contribution is -2.36. The molecule has 4 rings (SSSR count). The molecule has 0 unspecified atom stereocenters. The Morgan fingerprint density at radius 1 is 1.21 bits per heavy atom. The Morgan fingerprint density at radius 3 is 2.64 bits per heavy atom. The highest BCUT2D eigenvalue weighted by atomic mass is 35.5. The Labute approximate surface area is 199 Å². The van der Waals surface area contributed by atoms with Gasteiger partial charge in [-0.2, -0.15) is 5.10 Å². The van der Waals surface area contributed by atoms with Crippen molar-refractivity contribution in [2.45, 2.75) is 31.5 Å². The molecule has 172 valence electrons. The highest BCUT2D eigenvalue weighted by molar-refractivity contribution is 6.32. The van der Waals surface area contributed by atoms with Gasteiger partial charge in [-0.3, -0.25) is 4.90 Å². The fourth-order valence-corrected chi connectivity index (χ4v) is 4.02. The van der Waals surface area contributed by atoms with Crippen molar-refractivity contribution in [3.8, 4) is 35.2 Å². The molecule has 1 heterocycles. The summed E-state index contributed by atoms with van der Waals surface area (Å²) in [4.78, 5) is 2.27. The van der Waals surface area contributed by atoms with Gasteiger partial charge in [0.2, 0.25) is 5.88 Å². The van der Waals surface area contributed by atoms with Crippen LogP contribution in [0.5, 0.6) is 11.6 Å². The zero-order chi connectivity index (χ0) is 23.2. The van der Waals surface area contributed by atoms with E-state index in [9.17, 15) is 5.11 Å². The smallest absolute Gasteiger partial charge is 0.222 e. The van der Waals surface area contributed by atoms with Crippen molar-refractivity contribution in [2.24, 2.45) is 7.05 Å². The van der Waals surface area contributed by atoms with Crippen LogP contribution >= 0.6 is 11.6 Å². The molecule has 1 saturated carbocycles. The third kappa shape index (κ3) is 5.95. The number of aliphatic hydroxyl groups excluding tert-OH is 1. The average Bonchev–Trinajstić information content (AvgIpc) is 3.62. The van der Waals surface area contributed by atoms with Crippen molar-refractivity contribution in [1.29, 1.82) is 0 Å². The van der Waals surface area contributed by atoms with Crippen LogP contribution < -0.4 is 4.74 Å². The van der Waals surface area contributed by atoms with Gasteiger partial charge in [-0.05, 0) is 25.0 Å². The summed E-state index contributed by atoms with van der Waals surface area (Å²) in [6.45, 7) is 1.45. The number of aryl methyl sites for hydroxylation is 1. The summed E-state index contributed by atoms with van der Waals surface area (Å²) in [5.74, 6) is 3.63. The molecule has 0 amide bonds. The summed E-state index contributed by atoms with van der Waals surface area (Å²) in [6.07, 6.45) is 6.80. The molecule has 1 aliphatic carbocycles. The number of aromatic nitrogens is 2. The third-order valence-electron chi connectivity index (χ3n) is 5.54. The van der Waals surface area contributed by atoms with Crippen LogP contribution in [-0.2, 0) is 18.3 Å². The maximum Gasteiger partial charge on any atom is 0.222 e. The molecule has 7 heteroatoms. The largest absolute Gasteiger partial charge is 0.437 e. The number of aliphatic hydroxyl groups is 1. The number of hydrogen-bond donors (Lipinski definition) is 1. The van der Waals surface area contributed by atoms with Gasteiger partial charge in [0.25, 0.3) is 0 Å². The molecule has 33 heavy (non-hydrogen) atoms. The highest BCUT2D eigenvalue weighted by Gasteiger charge is 2.33. The molecular formula is C26H28ClN3O3. The van der Waals surface area contributed by atoms with Crippen LogP contribution in [0.1, 0.15) is 18.4 Å². The van der Waals surface area contributed by atoms with E-state index in [0.717, 1.165) is 29.7 Å². The van der Waals surface area contributed by atoms with E-state index in [-0.39, 0.29) is 13.2 Å². The monoisotopic (exact) mass is 465 g/mol. The van der Waals surface area contributed by atoms with Crippen molar-refractivity contribution in [3.05, 3.63) is 65.2 Å². The number of halogens is 1. The Balaban J connectivity index is 1.65. The van der Waals surface area contributed by atoms with E-state index in [1.165, 1.54) is 0 Å². The molecule has 1 atom stereocenters. The standard InChI is InChI=1S/C26H28ClN3O3/c1-3-15-32-18-21(31)16-30(20-13-14-20)17-22-25(19-9-5-4-6-10-19)28-29(2)26(22)33-24-12-8-7-11-23(24)27/h1,4-12,20-21,31H,13-18H2,2H3/t21-/m0/s1. The summed E-state index contributed by atoms with van der Waals surface area (Å²) in [5.41, 5.74) is 2.81. The summed E-state index contributed by atoms with van der Waals surface area (Å²) in [6, 6.07) is 17.8. The first-order valence-electron chi connectivity index (χ1n) is 11.0. The molecule has 1 aromatic heterocycles. The Bertz CT molecular complexity index is 1110. The Hall–Kier alpha value is -2.82. The van der Waals surface area contributed by atoms with Crippen LogP contribution in [0, 0.1) is 12.3 Å². The minimum Gasteiger partial charge on any atom is -0.437 e. The van der Waals surface area contributed by atoms with Crippen LogP contribution in [0.4, 0.5) is 0 Å². The van der Waals surface area contributed by atoms with Gasteiger partial charge in [0, 0.05) is 31.7 Å². The van der Waals surface area contributed by atoms with Crippen LogP contribution in [0.15, 0.2) is 54.6 Å². The minimum absolute atomic E-state index is 0.192. The van der Waals surface area contributed by atoms with Gasteiger partial charge in [-0.1, -0.05) is 60.0 Å². The van der Waals surface area contributed by atoms with Crippen LogP contribution in [0.2, 0.25) is 5.02 Å². The Morgan fingerprint density at radius 2 is 1.94 bits per heavy atom. The number of benzene rings is 2. The summed E-state index contributed by atoms with van der Waals surface area (Å²) in [5, 5.41) is 15.9. The van der Waals surface area contributed by atoms with E-state index in [4.69, 9.17) is 32.6 Å². The first kappa shape index (κ1) is 23.3. The van der Waals surface area contributed by atoms with Gasteiger partial charge in [0.15, 0.2) is 0 Å². The summed E-state index contributed by atoms with van der Waals surface area (Å²) >= 11 is 6.37. The lowest BCUT2D eigenvalue weighted by atomic mass is 10.1. The highest BCUT2D eigenvalue weighted by Crippen LogP contribution is 2.38. The molecule has 6 nitrogen and oxygen atoms in total. The van der Waals surface area contributed by atoms with Crippen molar-refractivity contribution in [3.63, 3.8) is 0 Å². The number of rotatable bonds is 11. The van der Waals surface area contributed by atoms with E-state index in [1.807, 2.05) is 55.6 Å². The number of terminal acetylenes is 1. The van der Waals surface area contributed by atoms with Gasteiger partial charge in [0.1, 0.15) is 18.1 Å². The van der Waals surface area contributed by atoms with Crippen LogP contribution in [0.25, 0.3) is 11.3 Å². The van der Waals surface area contributed by atoms with Gasteiger partial charge in [0.05, 0.1) is 23.3 Å². The predicted molar refractivity (Wildman–Crippen MR) is 129 cm³/mol. The van der Waals surface area contributed by atoms with Gasteiger partial charge in [-0.25, -0.2) is 4.68 Å². The third-order valence-corrected chi connectivity index (χ3v) is 5.86. The molecule has 2 aromatic carbocycles. The number of nitrogens with zero attached hydrogens (tertiary/aromatic N) is 3. The zero-order valence-corrected chi connectivity index (χ0v) is 19.4. The quantitative estimate of drug-likeness (QED) is 0.333. The fourth-order valence-electron chi connectivity index (χ4n) is 3.84. The maximum atomic E-state index is 10.5. The first-order chi connectivity index (χ1) is 16.1. The maximum absolute atomic E-state index is 10.5. The molecule has 0 aliphatic heterocycles. The molecule has 1 N–H and O–H groups in total. The second kappa shape index (κ2) is 10.9. The van der Waals surface area contributed by atoms with Gasteiger partial charge >= 0.3 is 0 Å². The normalized spacial score (nSPS) is 14.3. The lowest BCUT2D eigenvalue weighted by molar-refractivity contribution is 0.0241. The van der Waals surface area contributed by atoms with Crippen molar-refractivity contribution < 1.29 is 14.6 Å². The molecule has 1 aliphatic rings. The summed E-state index contributed by atoms with van der Waals surface area (Å²) < 4.78 is 13.4. The lowest BCUT2D eigenvalue weighted by Gasteiger charge is -2.25. The van der Waals surface area contributed by atoms with Crippen molar-refractivity contribution in [1.82, 2.24) is 14.7 Å². The van der Waals surface area contributed by atoms with Gasteiger partial charge in [-0.15, -0.1) is 6.42 Å². The minimum atomic E-state index is -0.635. The molecule has 0 bridgehead atoms.